The number of para-hydroxylation sites is 2. The zero-order valence-corrected chi connectivity index (χ0v) is 19.7. The Morgan fingerprint density at radius 1 is 0.971 bits per heavy atom. The molecule has 3 aromatic carbocycles. The van der Waals surface area contributed by atoms with Gasteiger partial charge in [0.15, 0.2) is 5.60 Å². The Kier molecular flexibility index (Phi) is 7.01. The minimum absolute atomic E-state index is 0.121. The summed E-state index contributed by atoms with van der Waals surface area (Å²) in [5.41, 5.74) is 2.22. The predicted molar refractivity (Wildman–Crippen MR) is 133 cm³/mol. The second-order valence-electron chi connectivity index (χ2n) is 8.69. The van der Waals surface area contributed by atoms with Crippen LogP contribution in [0, 0.1) is 0 Å². The van der Waals surface area contributed by atoms with Crippen LogP contribution in [0.1, 0.15) is 35.6 Å². The number of fused-ring (bicyclic) bond motifs is 1. The highest BCUT2D eigenvalue weighted by Gasteiger charge is 2.30. The van der Waals surface area contributed by atoms with E-state index in [0.717, 1.165) is 16.6 Å². The molecule has 0 bridgehead atoms. The maximum Gasteiger partial charge on any atom is 0.263 e. The average Bonchev–Trinajstić information content (AvgIpc) is 3.27. The average molecular weight is 473 g/mol. The van der Waals surface area contributed by atoms with Gasteiger partial charge in [-0.3, -0.25) is 9.59 Å². The van der Waals surface area contributed by atoms with Gasteiger partial charge in [-0.05, 0) is 74.4 Å². The number of nitrogens with zero attached hydrogens (tertiary/aromatic N) is 1. The van der Waals surface area contributed by atoms with Crippen molar-refractivity contribution in [1.82, 2.24) is 20.6 Å². The van der Waals surface area contributed by atoms with E-state index in [1.54, 1.807) is 26.0 Å². The minimum atomic E-state index is -1.08. The molecule has 0 atom stereocenters. The molecule has 1 heterocycles. The van der Waals surface area contributed by atoms with Crippen LogP contribution in [-0.4, -0.2) is 39.0 Å². The zero-order valence-electron chi connectivity index (χ0n) is 19.7. The molecule has 0 aliphatic carbocycles. The fourth-order valence-corrected chi connectivity index (χ4v) is 3.57. The first-order valence-electron chi connectivity index (χ1n) is 11.4. The number of carbonyl (C=O) groups excluding carboxylic acids is 2. The number of benzene rings is 3. The third-order valence-corrected chi connectivity index (χ3v) is 5.53. The smallest absolute Gasteiger partial charge is 0.263 e. The number of rotatable bonds is 9. The van der Waals surface area contributed by atoms with Crippen LogP contribution in [0.2, 0.25) is 0 Å². The molecule has 2 amide bonds. The fraction of sp³-hybridized carbons (Fsp3) is 0.222. The molecule has 0 spiro atoms. The number of aromatic nitrogens is 2. The maximum absolute atomic E-state index is 12.7. The minimum Gasteiger partial charge on any atom is -0.508 e. The fourth-order valence-electron chi connectivity index (χ4n) is 3.57. The molecule has 8 heteroatoms. The van der Waals surface area contributed by atoms with Crippen molar-refractivity contribution in [3.63, 3.8) is 0 Å². The van der Waals surface area contributed by atoms with E-state index < -0.39 is 5.60 Å². The number of phenols is 1. The van der Waals surface area contributed by atoms with Crippen molar-refractivity contribution in [1.29, 1.82) is 0 Å². The number of hydrogen-bond donors (Lipinski definition) is 4. The summed E-state index contributed by atoms with van der Waals surface area (Å²) in [6.07, 6.45) is 0.644. The van der Waals surface area contributed by atoms with Crippen LogP contribution in [0.25, 0.3) is 11.0 Å². The van der Waals surface area contributed by atoms with Gasteiger partial charge >= 0.3 is 0 Å². The molecule has 0 saturated heterocycles. The summed E-state index contributed by atoms with van der Waals surface area (Å²) in [5, 5.41) is 15.1. The lowest BCUT2D eigenvalue weighted by molar-refractivity contribution is -0.134. The van der Waals surface area contributed by atoms with Crippen molar-refractivity contribution in [3.8, 4) is 11.5 Å². The number of nitrogens with one attached hydrogen (secondary N) is 3. The van der Waals surface area contributed by atoms with Gasteiger partial charge in [-0.15, -0.1) is 0 Å². The lowest BCUT2D eigenvalue weighted by Crippen LogP contribution is -2.46. The summed E-state index contributed by atoms with van der Waals surface area (Å²) < 4.78 is 5.94. The van der Waals surface area contributed by atoms with Crippen LogP contribution in [0.4, 0.5) is 0 Å². The van der Waals surface area contributed by atoms with Gasteiger partial charge in [0, 0.05) is 12.1 Å². The first kappa shape index (κ1) is 23.8. The standard InChI is InChI=1S/C27H28N4O4/c1-27(2,26(34)29-17-24-30-22-5-3-4-6-23(22)31-24)35-21-13-7-18(8-14-21)15-16-28-25(33)19-9-11-20(32)12-10-19/h3-14,32H,15-17H2,1-2H3,(H,28,33)(H,29,34)(H,30,31). The molecule has 0 fully saturated rings. The number of H-pyrrole nitrogens is 1. The molecular weight excluding hydrogens is 444 g/mol. The number of carbonyl (C=O) groups is 2. The summed E-state index contributed by atoms with van der Waals surface area (Å²) in [6, 6.07) is 21.2. The van der Waals surface area contributed by atoms with Crippen LogP contribution in [-0.2, 0) is 17.8 Å². The Hall–Kier alpha value is -4.33. The number of aromatic hydroxyl groups is 1. The summed E-state index contributed by atoms with van der Waals surface area (Å²) in [4.78, 5) is 32.5. The second kappa shape index (κ2) is 10.3. The molecule has 1 aromatic heterocycles. The Morgan fingerprint density at radius 3 is 2.40 bits per heavy atom. The molecular formula is C27H28N4O4. The van der Waals surface area contributed by atoms with E-state index >= 15 is 0 Å². The number of ether oxygens (including phenoxy) is 1. The molecule has 0 aliphatic rings. The van der Waals surface area contributed by atoms with Crippen molar-refractivity contribution in [3.05, 3.63) is 89.7 Å². The highest BCUT2D eigenvalue weighted by atomic mass is 16.5. The summed E-state index contributed by atoms with van der Waals surface area (Å²) in [7, 11) is 0. The molecule has 4 rings (SSSR count). The highest BCUT2D eigenvalue weighted by Crippen LogP contribution is 2.20. The summed E-state index contributed by atoms with van der Waals surface area (Å²) >= 11 is 0. The highest BCUT2D eigenvalue weighted by molar-refractivity contribution is 5.94. The first-order valence-corrected chi connectivity index (χ1v) is 11.4. The van der Waals surface area contributed by atoms with Gasteiger partial charge < -0.3 is 25.5 Å². The monoisotopic (exact) mass is 472 g/mol. The lowest BCUT2D eigenvalue weighted by Gasteiger charge is -2.25. The van der Waals surface area contributed by atoms with Crippen LogP contribution in [0.15, 0.2) is 72.8 Å². The summed E-state index contributed by atoms with van der Waals surface area (Å²) in [5.74, 6) is 0.929. The molecule has 0 radical (unpaired) electrons. The number of aromatic amines is 1. The molecule has 0 aliphatic heterocycles. The number of phenolic OH excluding ortho intramolecular Hbond substituents is 1. The van der Waals surface area contributed by atoms with Gasteiger partial charge in [0.05, 0.1) is 17.6 Å². The third kappa shape index (κ3) is 6.17. The Balaban J connectivity index is 1.25. The number of amides is 2. The molecule has 35 heavy (non-hydrogen) atoms. The van der Waals surface area contributed by atoms with E-state index in [9.17, 15) is 14.7 Å². The van der Waals surface area contributed by atoms with Crippen LogP contribution in [0.3, 0.4) is 0 Å². The van der Waals surface area contributed by atoms with Gasteiger partial charge in [0.2, 0.25) is 0 Å². The van der Waals surface area contributed by atoms with E-state index in [2.05, 4.69) is 20.6 Å². The van der Waals surface area contributed by atoms with E-state index in [4.69, 9.17) is 4.74 Å². The molecule has 4 aromatic rings. The molecule has 8 nitrogen and oxygen atoms in total. The Bertz CT molecular complexity index is 1280. The number of imidazole rings is 1. The maximum atomic E-state index is 12.7. The first-order chi connectivity index (χ1) is 16.8. The van der Waals surface area contributed by atoms with Gasteiger partial charge in [-0.25, -0.2) is 4.98 Å². The van der Waals surface area contributed by atoms with Crippen LogP contribution in [0.5, 0.6) is 11.5 Å². The predicted octanol–water partition coefficient (Wildman–Crippen LogP) is 3.71. The molecule has 180 valence electrons. The normalized spacial score (nSPS) is 11.3. The molecule has 4 N–H and O–H groups in total. The third-order valence-electron chi connectivity index (χ3n) is 5.53. The largest absolute Gasteiger partial charge is 0.508 e. The molecule has 0 unspecified atom stereocenters. The quantitative estimate of drug-likeness (QED) is 0.296. The number of hydrogen-bond acceptors (Lipinski definition) is 5. The van der Waals surface area contributed by atoms with Gasteiger partial charge in [0.1, 0.15) is 17.3 Å². The van der Waals surface area contributed by atoms with Gasteiger partial charge in [-0.2, -0.15) is 0 Å². The topological polar surface area (TPSA) is 116 Å². The van der Waals surface area contributed by atoms with Crippen LogP contribution >= 0.6 is 0 Å². The van der Waals surface area contributed by atoms with E-state index in [1.807, 2.05) is 48.5 Å². The van der Waals surface area contributed by atoms with Gasteiger partial charge in [0.25, 0.3) is 11.8 Å². The zero-order chi connectivity index (χ0) is 24.8. The van der Waals surface area contributed by atoms with Crippen molar-refractivity contribution in [2.45, 2.75) is 32.4 Å². The summed E-state index contributed by atoms with van der Waals surface area (Å²) in [6.45, 7) is 4.17. The van der Waals surface area contributed by atoms with Crippen molar-refractivity contribution in [2.24, 2.45) is 0 Å². The lowest BCUT2D eigenvalue weighted by atomic mass is 10.1. The van der Waals surface area contributed by atoms with Gasteiger partial charge in [-0.1, -0.05) is 24.3 Å². The van der Waals surface area contributed by atoms with Crippen LogP contribution < -0.4 is 15.4 Å². The van der Waals surface area contributed by atoms with E-state index in [0.29, 0.717) is 30.1 Å². The van der Waals surface area contributed by atoms with E-state index in [-0.39, 0.29) is 24.1 Å². The Labute approximate surface area is 203 Å². The van der Waals surface area contributed by atoms with Crippen molar-refractivity contribution in [2.75, 3.05) is 6.54 Å². The Morgan fingerprint density at radius 2 is 1.69 bits per heavy atom. The second-order valence-corrected chi connectivity index (χ2v) is 8.69. The van der Waals surface area contributed by atoms with Crippen molar-refractivity contribution >= 4 is 22.8 Å². The molecule has 0 saturated carbocycles. The van der Waals surface area contributed by atoms with E-state index in [1.165, 1.54) is 12.1 Å². The SMILES string of the molecule is CC(C)(Oc1ccc(CCNC(=O)c2ccc(O)cc2)cc1)C(=O)NCc1nc2ccccc2[nH]1. The van der Waals surface area contributed by atoms with Crippen molar-refractivity contribution < 1.29 is 19.4 Å².